The van der Waals surface area contributed by atoms with Crippen molar-refractivity contribution in [2.75, 3.05) is 11.4 Å². The van der Waals surface area contributed by atoms with Gasteiger partial charge in [0.05, 0.1) is 11.1 Å². The molecule has 0 radical (unpaired) electrons. The van der Waals surface area contributed by atoms with Crippen LogP contribution in [-0.2, 0) is 28.3 Å². The number of nitrogens with zero attached hydrogens (tertiary/aromatic N) is 3. The third-order valence-electron chi connectivity index (χ3n) is 5.02. The molecule has 2 N–H and O–H groups in total. The highest BCUT2D eigenvalue weighted by molar-refractivity contribution is 7.92. The van der Waals surface area contributed by atoms with Crippen LogP contribution in [-0.4, -0.2) is 48.3 Å². The number of rotatable bonds is 8. The number of anilines is 1. The van der Waals surface area contributed by atoms with Gasteiger partial charge in [0.25, 0.3) is 15.9 Å². The number of benzene rings is 2. The Morgan fingerprint density at radius 2 is 1.75 bits per heavy atom. The van der Waals surface area contributed by atoms with Gasteiger partial charge in [-0.1, -0.05) is 48.0 Å². The van der Waals surface area contributed by atoms with Crippen molar-refractivity contribution in [3.8, 4) is 0 Å². The summed E-state index contributed by atoms with van der Waals surface area (Å²) in [6.45, 7) is 1.85. The van der Waals surface area contributed by atoms with Gasteiger partial charge in [-0.15, -0.1) is 0 Å². The van der Waals surface area contributed by atoms with Gasteiger partial charge in [0, 0.05) is 20.5 Å². The van der Waals surface area contributed by atoms with Crippen LogP contribution in [0.5, 0.6) is 0 Å². The SMILES string of the molecule is Cc1ccc(S(=O)(=O)N(C)c2c(C(=O)NC(Cc3ccccc3)C(=O)O)cnn2C)cc1. The molecule has 1 amide bonds. The van der Waals surface area contributed by atoms with Crippen molar-refractivity contribution in [3.63, 3.8) is 0 Å². The molecule has 2 aromatic carbocycles. The molecule has 3 aromatic rings. The summed E-state index contributed by atoms with van der Waals surface area (Å²) in [6, 6.07) is 14.0. The second kappa shape index (κ2) is 9.23. The molecule has 9 nitrogen and oxygen atoms in total. The van der Waals surface area contributed by atoms with Gasteiger partial charge < -0.3 is 10.4 Å². The van der Waals surface area contributed by atoms with E-state index in [2.05, 4.69) is 10.4 Å². The third kappa shape index (κ3) is 4.80. The second-order valence-electron chi connectivity index (χ2n) is 7.35. The lowest BCUT2D eigenvalue weighted by Crippen LogP contribution is -2.43. The van der Waals surface area contributed by atoms with E-state index in [-0.39, 0.29) is 22.7 Å². The fraction of sp³-hybridized carbons (Fsp3) is 0.227. The lowest BCUT2D eigenvalue weighted by atomic mass is 10.1. The minimum Gasteiger partial charge on any atom is -0.480 e. The predicted octanol–water partition coefficient (Wildman–Crippen LogP) is 1.98. The van der Waals surface area contributed by atoms with Gasteiger partial charge in [0.15, 0.2) is 5.82 Å². The van der Waals surface area contributed by atoms with Crippen molar-refractivity contribution in [3.05, 3.63) is 77.5 Å². The smallest absolute Gasteiger partial charge is 0.326 e. The van der Waals surface area contributed by atoms with Crippen LogP contribution in [0.25, 0.3) is 0 Å². The van der Waals surface area contributed by atoms with E-state index in [9.17, 15) is 23.1 Å². The van der Waals surface area contributed by atoms with Crippen molar-refractivity contribution in [1.29, 1.82) is 0 Å². The number of amides is 1. The number of carboxylic acid groups (broad SMARTS) is 1. The fourth-order valence-electron chi connectivity index (χ4n) is 3.23. The van der Waals surface area contributed by atoms with Crippen molar-refractivity contribution in [1.82, 2.24) is 15.1 Å². The van der Waals surface area contributed by atoms with Gasteiger partial charge in [0.2, 0.25) is 0 Å². The van der Waals surface area contributed by atoms with Crippen LogP contribution in [0.4, 0.5) is 5.82 Å². The predicted molar refractivity (Wildman–Crippen MR) is 119 cm³/mol. The molecule has 0 aliphatic heterocycles. The molecule has 168 valence electrons. The van der Waals surface area contributed by atoms with E-state index < -0.39 is 27.9 Å². The van der Waals surface area contributed by atoms with Gasteiger partial charge in [0.1, 0.15) is 11.6 Å². The van der Waals surface area contributed by atoms with Crippen LogP contribution in [0.1, 0.15) is 21.5 Å². The Labute approximate surface area is 186 Å². The van der Waals surface area contributed by atoms with Gasteiger partial charge in [-0.05, 0) is 24.6 Å². The summed E-state index contributed by atoms with van der Waals surface area (Å²) in [6.07, 6.45) is 1.29. The first-order valence-electron chi connectivity index (χ1n) is 9.76. The van der Waals surface area contributed by atoms with E-state index in [1.54, 1.807) is 36.4 Å². The highest BCUT2D eigenvalue weighted by Crippen LogP contribution is 2.25. The summed E-state index contributed by atoms with van der Waals surface area (Å²) < 4.78 is 28.4. The zero-order valence-electron chi connectivity index (χ0n) is 17.9. The van der Waals surface area contributed by atoms with Gasteiger partial charge in [-0.25, -0.2) is 13.2 Å². The van der Waals surface area contributed by atoms with Crippen molar-refractivity contribution in [2.45, 2.75) is 24.3 Å². The number of hydrogen-bond acceptors (Lipinski definition) is 5. The van der Waals surface area contributed by atoms with Gasteiger partial charge in [-0.2, -0.15) is 5.10 Å². The summed E-state index contributed by atoms with van der Waals surface area (Å²) in [5, 5.41) is 16.1. The summed E-state index contributed by atoms with van der Waals surface area (Å²) >= 11 is 0. The Morgan fingerprint density at radius 1 is 1.12 bits per heavy atom. The molecule has 0 bridgehead atoms. The molecular weight excluding hydrogens is 432 g/mol. The normalized spacial score (nSPS) is 12.2. The molecule has 1 atom stereocenters. The van der Waals surface area contributed by atoms with E-state index >= 15 is 0 Å². The Bertz CT molecular complexity index is 1220. The lowest BCUT2D eigenvalue weighted by Gasteiger charge is -2.21. The quantitative estimate of drug-likeness (QED) is 0.535. The summed E-state index contributed by atoms with van der Waals surface area (Å²) in [7, 11) is -1.15. The van der Waals surface area contributed by atoms with E-state index in [4.69, 9.17) is 0 Å². The number of carbonyl (C=O) groups excluding carboxylic acids is 1. The standard InChI is InChI=1S/C22H24N4O5S/c1-15-9-11-17(12-10-15)32(30,31)26(3)21-18(14-23-25(21)2)20(27)24-19(22(28)29)13-16-7-5-4-6-8-16/h4-12,14,19H,13H2,1-3H3,(H,24,27)(H,28,29). The Hall–Kier alpha value is -3.66. The summed E-state index contributed by atoms with van der Waals surface area (Å²) in [4.78, 5) is 24.7. The van der Waals surface area contributed by atoms with Crippen molar-refractivity contribution in [2.24, 2.45) is 7.05 Å². The molecule has 0 saturated carbocycles. The molecule has 1 aromatic heterocycles. The van der Waals surface area contributed by atoms with Gasteiger partial charge in [-0.3, -0.25) is 13.8 Å². The van der Waals surface area contributed by atoms with Crippen LogP contribution < -0.4 is 9.62 Å². The zero-order chi connectivity index (χ0) is 23.5. The maximum absolute atomic E-state index is 13.1. The van der Waals surface area contributed by atoms with Crippen LogP contribution >= 0.6 is 0 Å². The van der Waals surface area contributed by atoms with Crippen LogP contribution in [0.2, 0.25) is 0 Å². The Balaban J connectivity index is 1.89. The molecule has 0 fully saturated rings. The van der Waals surface area contributed by atoms with Crippen LogP contribution in [0.15, 0.2) is 65.7 Å². The number of aromatic nitrogens is 2. The molecule has 0 saturated heterocycles. The Morgan fingerprint density at radius 3 is 2.34 bits per heavy atom. The maximum atomic E-state index is 13.1. The van der Waals surface area contributed by atoms with Gasteiger partial charge >= 0.3 is 5.97 Å². The second-order valence-corrected chi connectivity index (χ2v) is 9.31. The zero-order valence-corrected chi connectivity index (χ0v) is 18.7. The number of carbonyl (C=O) groups is 2. The van der Waals surface area contributed by atoms with Crippen LogP contribution in [0.3, 0.4) is 0 Å². The first-order valence-corrected chi connectivity index (χ1v) is 11.2. The first-order chi connectivity index (χ1) is 15.1. The largest absolute Gasteiger partial charge is 0.480 e. The molecule has 0 aliphatic rings. The van der Waals surface area contributed by atoms with Crippen LogP contribution in [0, 0.1) is 6.92 Å². The molecule has 1 heterocycles. The highest BCUT2D eigenvalue weighted by atomic mass is 32.2. The number of aliphatic carboxylic acids is 1. The van der Waals surface area contributed by atoms with Crippen molar-refractivity contribution < 1.29 is 23.1 Å². The van der Waals surface area contributed by atoms with E-state index in [1.165, 1.54) is 37.1 Å². The average molecular weight is 457 g/mol. The number of sulfonamides is 1. The van der Waals surface area contributed by atoms with E-state index in [0.29, 0.717) is 0 Å². The molecule has 10 heteroatoms. The number of aryl methyl sites for hydroxylation is 2. The molecule has 1 unspecified atom stereocenters. The number of hydrogen-bond donors (Lipinski definition) is 2. The minimum atomic E-state index is -3.97. The fourth-order valence-corrected chi connectivity index (χ4v) is 4.47. The van der Waals surface area contributed by atoms with Crippen molar-refractivity contribution >= 4 is 27.7 Å². The highest BCUT2D eigenvalue weighted by Gasteiger charge is 2.30. The molecule has 0 aliphatic carbocycles. The first kappa shape index (κ1) is 23.0. The van der Waals surface area contributed by atoms with E-state index in [0.717, 1.165) is 15.4 Å². The molecule has 3 rings (SSSR count). The molecule has 32 heavy (non-hydrogen) atoms. The minimum absolute atomic E-state index is 0.0203. The lowest BCUT2D eigenvalue weighted by molar-refractivity contribution is -0.139. The number of carboxylic acids is 1. The summed E-state index contributed by atoms with van der Waals surface area (Å²) in [5.41, 5.74) is 1.60. The molecule has 0 spiro atoms. The topological polar surface area (TPSA) is 122 Å². The third-order valence-corrected chi connectivity index (χ3v) is 6.78. The molecular formula is C22H24N4O5S. The summed E-state index contributed by atoms with van der Waals surface area (Å²) in [5.74, 6) is -1.91. The Kier molecular flexibility index (Phi) is 6.64. The monoisotopic (exact) mass is 456 g/mol. The average Bonchev–Trinajstić information content (AvgIpc) is 3.15. The van der Waals surface area contributed by atoms with E-state index in [1.807, 2.05) is 13.0 Å². The maximum Gasteiger partial charge on any atom is 0.326 e. The number of nitrogens with one attached hydrogen (secondary N) is 1.